The Morgan fingerprint density at radius 2 is 2.05 bits per heavy atom. The highest BCUT2D eigenvalue weighted by Gasteiger charge is 2.10. The van der Waals surface area contributed by atoms with Gasteiger partial charge in [0.15, 0.2) is 0 Å². The third kappa shape index (κ3) is 2.58. The zero-order chi connectivity index (χ0) is 13.4. The summed E-state index contributed by atoms with van der Waals surface area (Å²) in [7, 11) is 0. The van der Waals surface area contributed by atoms with E-state index in [-0.39, 0.29) is 0 Å². The summed E-state index contributed by atoms with van der Waals surface area (Å²) in [6.45, 7) is 0. The zero-order valence-corrected chi connectivity index (χ0v) is 13.1. The third-order valence-electron chi connectivity index (χ3n) is 2.30. The molecule has 2 heterocycles. The lowest BCUT2D eigenvalue weighted by molar-refractivity contribution is 0.443. The number of halogens is 3. The first-order valence-electron chi connectivity index (χ1n) is 5.13. The molecule has 0 saturated heterocycles. The van der Waals surface area contributed by atoms with E-state index >= 15 is 0 Å². The third-order valence-corrected chi connectivity index (χ3v) is 3.60. The van der Waals surface area contributed by atoms with E-state index in [4.69, 9.17) is 16.3 Å². The molecule has 2 aromatic heterocycles. The number of hydrogen-bond donors (Lipinski definition) is 0. The molecule has 1 aromatic carbocycles. The first kappa shape index (κ1) is 12.8. The summed E-state index contributed by atoms with van der Waals surface area (Å²) in [5.41, 5.74) is 0. The molecule has 8 heteroatoms. The maximum atomic E-state index is 5.92. The van der Waals surface area contributed by atoms with Gasteiger partial charge in [-0.15, -0.1) is 0 Å². The van der Waals surface area contributed by atoms with Crippen molar-refractivity contribution in [3.63, 3.8) is 0 Å². The van der Waals surface area contributed by atoms with Gasteiger partial charge in [-0.3, -0.25) is 0 Å². The molecule has 96 valence electrons. The van der Waals surface area contributed by atoms with Crippen LogP contribution in [0.1, 0.15) is 0 Å². The van der Waals surface area contributed by atoms with E-state index in [1.807, 2.05) is 18.2 Å². The van der Waals surface area contributed by atoms with Gasteiger partial charge in [0.25, 0.3) is 5.78 Å². The Morgan fingerprint density at radius 1 is 1.21 bits per heavy atom. The second-order valence-corrected chi connectivity index (χ2v) is 5.72. The summed E-state index contributed by atoms with van der Waals surface area (Å²) >= 11 is 12.7. The second kappa shape index (κ2) is 5.07. The SMILES string of the molecule is Clc1cc(Oc2ccc(Br)cc2Br)n2ncnc2n1. The predicted octanol–water partition coefficient (Wildman–Crippen LogP) is 4.10. The maximum Gasteiger partial charge on any atom is 0.256 e. The van der Waals surface area contributed by atoms with Gasteiger partial charge in [0, 0.05) is 10.5 Å². The molecular formula is C11H5Br2ClN4O. The molecule has 5 nitrogen and oxygen atoms in total. The van der Waals surface area contributed by atoms with E-state index in [9.17, 15) is 0 Å². The smallest absolute Gasteiger partial charge is 0.256 e. The number of nitrogens with zero attached hydrogens (tertiary/aromatic N) is 4. The van der Waals surface area contributed by atoms with Crippen LogP contribution in [0, 0.1) is 0 Å². The van der Waals surface area contributed by atoms with Crippen molar-refractivity contribution in [2.75, 3.05) is 0 Å². The molecule has 0 saturated carbocycles. The highest BCUT2D eigenvalue weighted by molar-refractivity contribution is 9.11. The van der Waals surface area contributed by atoms with Crippen molar-refractivity contribution in [2.45, 2.75) is 0 Å². The van der Waals surface area contributed by atoms with Crippen molar-refractivity contribution >= 4 is 49.2 Å². The molecule has 0 aliphatic carbocycles. The summed E-state index contributed by atoms with van der Waals surface area (Å²) < 4.78 is 9.02. The van der Waals surface area contributed by atoms with Crippen LogP contribution in [0.2, 0.25) is 5.15 Å². The van der Waals surface area contributed by atoms with Crippen LogP contribution in [-0.2, 0) is 0 Å². The van der Waals surface area contributed by atoms with E-state index in [1.54, 1.807) is 6.07 Å². The molecule has 3 rings (SSSR count). The molecule has 0 aliphatic heterocycles. The fraction of sp³-hybridized carbons (Fsp3) is 0. The van der Waals surface area contributed by atoms with E-state index < -0.39 is 0 Å². The molecule has 0 N–H and O–H groups in total. The summed E-state index contributed by atoms with van der Waals surface area (Å²) in [4.78, 5) is 8.01. The van der Waals surface area contributed by atoms with Crippen molar-refractivity contribution < 1.29 is 4.74 Å². The van der Waals surface area contributed by atoms with E-state index in [1.165, 1.54) is 10.8 Å². The van der Waals surface area contributed by atoms with E-state index in [2.05, 4.69) is 46.9 Å². The Labute approximate surface area is 129 Å². The van der Waals surface area contributed by atoms with Gasteiger partial charge in [-0.1, -0.05) is 27.5 Å². The average Bonchev–Trinajstić information content (AvgIpc) is 2.80. The molecule has 0 radical (unpaired) electrons. The number of hydrogen-bond acceptors (Lipinski definition) is 4. The van der Waals surface area contributed by atoms with Crippen LogP contribution in [0.4, 0.5) is 0 Å². The van der Waals surface area contributed by atoms with E-state index in [0.29, 0.717) is 22.6 Å². The summed E-state index contributed by atoms with van der Waals surface area (Å²) in [5, 5.41) is 4.33. The van der Waals surface area contributed by atoms with Crippen LogP contribution < -0.4 is 4.74 Å². The lowest BCUT2D eigenvalue weighted by Crippen LogP contribution is -1.98. The maximum absolute atomic E-state index is 5.92. The first-order valence-corrected chi connectivity index (χ1v) is 7.09. The monoisotopic (exact) mass is 402 g/mol. The molecule has 0 amide bonds. The second-order valence-electron chi connectivity index (χ2n) is 3.57. The van der Waals surface area contributed by atoms with Crippen molar-refractivity contribution in [1.29, 1.82) is 0 Å². The van der Waals surface area contributed by atoms with Crippen LogP contribution in [0.5, 0.6) is 11.6 Å². The summed E-state index contributed by atoms with van der Waals surface area (Å²) in [6.07, 6.45) is 1.39. The lowest BCUT2D eigenvalue weighted by Gasteiger charge is -2.09. The Bertz CT molecular complexity index is 762. The summed E-state index contributed by atoms with van der Waals surface area (Å²) in [5.74, 6) is 1.47. The minimum absolute atomic E-state index is 0.295. The zero-order valence-electron chi connectivity index (χ0n) is 9.22. The fourth-order valence-electron chi connectivity index (χ4n) is 1.50. The molecule has 0 bridgehead atoms. The lowest BCUT2D eigenvalue weighted by atomic mass is 10.3. The Morgan fingerprint density at radius 3 is 2.84 bits per heavy atom. The Balaban J connectivity index is 2.07. The quantitative estimate of drug-likeness (QED) is 0.604. The fourth-order valence-corrected chi connectivity index (χ4v) is 2.80. The Hall–Kier alpha value is -1.18. The average molecular weight is 404 g/mol. The Kier molecular flexibility index (Phi) is 3.42. The highest BCUT2D eigenvalue weighted by Crippen LogP contribution is 2.32. The van der Waals surface area contributed by atoms with Gasteiger partial charge in [-0.05, 0) is 34.1 Å². The molecular weight excluding hydrogens is 399 g/mol. The number of aromatic nitrogens is 4. The van der Waals surface area contributed by atoms with Gasteiger partial charge in [-0.2, -0.15) is 19.6 Å². The molecule has 0 aliphatic rings. The van der Waals surface area contributed by atoms with Gasteiger partial charge < -0.3 is 4.74 Å². The van der Waals surface area contributed by atoms with Crippen LogP contribution in [-0.4, -0.2) is 19.6 Å². The molecule has 0 atom stereocenters. The molecule has 0 fully saturated rings. The number of ether oxygens (including phenoxy) is 1. The van der Waals surface area contributed by atoms with E-state index in [0.717, 1.165) is 8.95 Å². The van der Waals surface area contributed by atoms with Crippen LogP contribution in [0.15, 0.2) is 39.5 Å². The van der Waals surface area contributed by atoms with Crippen LogP contribution in [0.25, 0.3) is 5.78 Å². The normalized spacial score (nSPS) is 10.9. The van der Waals surface area contributed by atoms with Gasteiger partial charge in [0.05, 0.1) is 4.47 Å². The highest BCUT2D eigenvalue weighted by atomic mass is 79.9. The van der Waals surface area contributed by atoms with Gasteiger partial charge in [0.2, 0.25) is 5.88 Å². The molecule has 0 spiro atoms. The predicted molar refractivity (Wildman–Crippen MR) is 77.7 cm³/mol. The molecule has 19 heavy (non-hydrogen) atoms. The minimum Gasteiger partial charge on any atom is -0.438 e. The van der Waals surface area contributed by atoms with Crippen molar-refractivity contribution in [1.82, 2.24) is 19.6 Å². The number of fused-ring (bicyclic) bond motifs is 1. The van der Waals surface area contributed by atoms with Crippen molar-refractivity contribution in [3.8, 4) is 11.6 Å². The first-order chi connectivity index (χ1) is 9.13. The van der Waals surface area contributed by atoms with Gasteiger partial charge >= 0.3 is 0 Å². The van der Waals surface area contributed by atoms with Crippen LogP contribution in [0.3, 0.4) is 0 Å². The van der Waals surface area contributed by atoms with Crippen LogP contribution >= 0.6 is 43.5 Å². The minimum atomic E-state index is 0.295. The summed E-state index contributed by atoms with van der Waals surface area (Å²) in [6, 6.07) is 7.17. The number of benzene rings is 1. The number of rotatable bonds is 2. The topological polar surface area (TPSA) is 52.3 Å². The van der Waals surface area contributed by atoms with Crippen molar-refractivity contribution in [2.24, 2.45) is 0 Å². The van der Waals surface area contributed by atoms with Crippen molar-refractivity contribution in [3.05, 3.63) is 44.7 Å². The van der Waals surface area contributed by atoms with Gasteiger partial charge in [-0.25, -0.2) is 0 Å². The van der Waals surface area contributed by atoms with Gasteiger partial charge in [0.1, 0.15) is 17.2 Å². The molecule has 0 unspecified atom stereocenters. The largest absolute Gasteiger partial charge is 0.438 e. The molecule has 3 aromatic rings. The standard InChI is InChI=1S/C11H5Br2ClN4O/c12-6-1-2-8(7(13)3-6)19-10-4-9(14)17-11-15-5-16-18(10)11/h1-5H.